The molecule has 4 aliphatic heterocycles. The van der Waals surface area contributed by atoms with Gasteiger partial charge in [0.05, 0.1) is 26.8 Å². The van der Waals surface area contributed by atoms with Crippen molar-refractivity contribution in [3.63, 3.8) is 0 Å². The van der Waals surface area contributed by atoms with Crippen LogP contribution in [-0.2, 0) is 28.9 Å². The molecule has 19 heteroatoms. The highest BCUT2D eigenvalue weighted by atomic mass is 79.9. The van der Waals surface area contributed by atoms with Crippen LogP contribution in [0.2, 0.25) is 0 Å². The van der Waals surface area contributed by atoms with E-state index in [1.54, 1.807) is 24.3 Å². The molecule has 53 heavy (non-hydrogen) atoms. The third kappa shape index (κ3) is 9.73. The third-order valence-corrected chi connectivity index (χ3v) is 11.3. The Morgan fingerprint density at radius 1 is 0.604 bits per heavy atom. The molecule has 8 rings (SSSR count). The van der Waals surface area contributed by atoms with E-state index in [9.17, 15) is 35.3 Å². The number of phenols is 2. The number of carbonyl (C=O) groups is 2. The summed E-state index contributed by atoms with van der Waals surface area (Å²) < 4.78 is 14.4. The van der Waals surface area contributed by atoms with Crippen molar-refractivity contribution in [1.82, 2.24) is 10.6 Å². The van der Waals surface area contributed by atoms with Gasteiger partial charge in [0.25, 0.3) is 11.8 Å². The quantitative estimate of drug-likeness (QED) is 0.0666. The second-order valence-electron chi connectivity index (χ2n) is 11.4. The number of nitrogens with one attached hydrogen (secondary N) is 2. The number of nitrogens with zero attached hydrogens (tertiary/aromatic N) is 2. The van der Waals surface area contributed by atoms with Crippen LogP contribution >= 0.6 is 95.6 Å². The summed E-state index contributed by atoms with van der Waals surface area (Å²) in [4.78, 5) is 26.1. The van der Waals surface area contributed by atoms with E-state index in [1.807, 2.05) is 0 Å². The molecule has 0 radical (unpaired) electrons. The first-order chi connectivity index (χ1) is 25.2. The molecule has 4 aromatic carbocycles. The van der Waals surface area contributed by atoms with Gasteiger partial charge in [-0.2, -0.15) is 0 Å². The smallest absolute Gasteiger partial charge is 0.272 e. The van der Waals surface area contributed by atoms with Gasteiger partial charge in [-0.15, -0.1) is 0 Å². The number of oxime groups is 2. The average molecular weight is 1110 g/mol. The van der Waals surface area contributed by atoms with Crippen LogP contribution < -0.4 is 20.1 Å². The molecule has 8 bridgehead atoms. The highest BCUT2D eigenvalue weighted by molar-refractivity contribution is 9.11. The Morgan fingerprint density at radius 3 is 1.55 bits per heavy atom. The van der Waals surface area contributed by atoms with Gasteiger partial charge in [0, 0.05) is 19.5 Å². The Hall–Kier alpha value is -3.20. The van der Waals surface area contributed by atoms with Gasteiger partial charge >= 0.3 is 0 Å². The second-order valence-corrected chi connectivity index (χ2v) is 16.5. The minimum Gasteiger partial charge on any atom is -0.503 e. The highest BCUT2D eigenvalue weighted by Crippen LogP contribution is 2.45. The van der Waals surface area contributed by atoms with Gasteiger partial charge in [0.2, 0.25) is 0 Å². The van der Waals surface area contributed by atoms with Gasteiger partial charge in [-0.05, 0) is 179 Å². The minimum absolute atomic E-state index is 0.0247. The summed E-state index contributed by atoms with van der Waals surface area (Å²) in [6, 6.07) is 12.7. The first-order valence-corrected chi connectivity index (χ1v) is 20.0. The van der Waals surface area contributed by atoms with Crippen molar-refractivity contribution in [3.05, 3.63) is 97.6 Å². The summed E-state index contributed by atoms with van der Waals surface area (Å²) in [5.74, 6) is -1.26. The number of rotatable bonds is 0. The van der Waals surface area contributed by atoms with Crippen molar-refractivity contribution in [2.75, 3.05) is 13.1 Å². The van der Waals surface area contributed by atoms with E-state index in [-0.39, 0.29) is 79.4 Å². The molecule has 0 unspecified atom stereocenters. The molecule has 0 aromatic heterocycles. The maximum atomic E-state index is 13.1. The third-order valence-electron chi connectivity index (χ3n) is 7.75. The van der Waals surface area contributed by atoms with Gasteiger partial charge < -0.3 is 45.8 Å². The number of halogens is 6. The summed E-state index contributed by atoms with van der Waals surface area (Å²) in [7, 11) is 0. The lowest BCUT2D eigenvalue weighted by Gasteiger charge is -2.18. The zero-order valence-corrected chi connectivity index (χ0v) is 36.3. The summed E-state index contributed by atoms with van der Waals surface area (Å²) in [6.45, 7) is 0.249. The molecular formula is C34H26Br6N4O9. The van der Waals surface area contributed by atoms with Crippen LogP contribution in [0.4, 0.5) is 0 Å². The van der Waals surface area contributed by atoms with Crippen LogP contribution in [-0.4, -0.2) is 62.1 Å². The Kier molecular flexibility index (Phi) is 13.9. The summed E-state index contributed by atoms with van der Waals surface area (Å²) in [5.41, 5.74) is 1.29. The number of aromatic hydroxyl groups is 2. The normalized spacial score (nSPS) is 17.5. The lowest BCUT2D eigenvalue weighted by Crippen LogP contribution is -2.36. The van der Waals surface area contributed by atoms with E-state index in [1.165, 1.54) is 24.3 Å². The standard InChI is InChI=1S/C34H26Br6N4O9/c35-18-5-15-2-4-42-34(49)27(44-51)28(45)17-12-22(39)32(23(40)13-17)53-26-11-16(8-19(36)30(26)47)9-24(43-50)33(48)41-3-1-14-6-20(37)31(21(38)7-14)52-25(10-15)29(18)46/h5-8,10-13,28,45-47,50-51H,1-4,9H2,(H,41,48)(H,42,49)/b43-24-,44-27-/t28-/m1/s1. The largest absolute Gasteiger partial charge is 0.503 e. The Morgan fingerprint density at radius 2 is 1.04 bits per heavy atom. The zero-order chi connectivity index (χ0) is 38.6. The Labute approximate surface area is 352 Å². The first kappa shape index (κ1) is 41.0. The van der Waals surface area contributed by atoms with Gasteiger partial charge in [0.15, 0.2) is 40.2 Å². The topological polar surface area (TPSA) is 203 Å². The molecule has 0 saturated heterocycles. The van der Waals surface area contributed by atoms with Crippen LogP contribution in [0.25, 0.3) is 0 Å². The molecular weight excluding hydrogens is 1090 g/mol. The first-order valence-electron chi connectivity index (χ1n) is 15.2. The fraction of sp³-hybridized carbons (Fsp3) is 0.176. The number of amides is 2. The molecule has 7 N–H and O–H groups in total. The Balaban J connectivity index is 1.51. The van der Waals surface area contributed by atoms with Crippen LogP contribution in [0.5, 0.6) is 34.5 Å². The van der Waals surface area contributed by atoms with Crippen LogP contribution in [0, 0.1) is 0 Å². The predicted octanol–water partition coefficient (Wildman–Crippen LogP) is 8.52. The second kappa shape index (κ2) is 18.0. The summed E-state index contributed by atoms with van der Waals surface area (Å²) in [5, 5.41) is 63.8. The minimum atomic E-state index is -1.67. The van der Waals surface area contributed by atoms with E-state index in [4.69, 9.17) is 9.47 Å². The number of hydrogen-bond acceptors (Lipinski definition) is 11. The SMILES string of the molecule is O=C1NCCc2cc(Br)c(c(Br)c2)Oc2cc(cc(Br)c2O)CCNC(=O)/C(=N\O)[C@H](O)c2cc(Br)c(c(Br)c2)Oc2cc(cc(Br)c2O)C/C1=N/O. The fourth-order valence-electron chi connectivity index (χ4n) is 5.14. The van der Waals surface area contributed by atoms with Crippen molar-refractivity contribution >= 4 is 119 Å². The maximum Gasteiger partial charge on any atom is 0.272 e. The monoisotopic (exact) mass is 1110 g/mol. The number of carbonyl (C=O) groups excluding carboxylic acids is 2. The maximum absolute atomic E-state index is 13.1. The molecule has 0 saturated carbocycles. The van der Waals surface area contributed by atoms with Crippen molar-refractivity contribution in [2.24, 2.45) is 10.3 Å². The van der Waals surface area contributed by atoms with Crippen molar-refractivity contribution in [1.29, 1.82) is 0 Å². The van der Waals surface area contributed by atoms with Crippen molar-refractivity contribution < 1.29 is 44.8 Å². The number of aliphatic hydroxyl groups excluding tert-OH is 1. The number of ether oxygens (including phenoxy) is 2. The average Bonchev–Trinajstić information content (AvgIpc) is 3.10. The molecule has 2 amide bonds. The van der Waals surface area contributed by atoms with Crippen LogP contribution in [0.3, 0.4) is 0 Å². The predicted molar refractivity (Wildman–Crippen MR) is 216 cm³/mol. The molecule has 4 aliphatic rings. The highest BCUT2D eigenvalue weighted by Gasteiger charge is 2.26. The molecule has 278 valence electrons. The van der Waals surface area contributed by atoms with Crippen LogP contribution in [0.1, 0.15) is 28.4 Å². The van der Waals surface area contributed by atoms with E-state index in [2.05, 4.69) is 117 Å². The van der Waals surface area contributed by atoms with Gasteiger partial charge in [-0.3, -0.25) is 9.59 Å². The number of benzene rings is 4. The molecule has 0 spiro atoms. The van der Waals surface area contributed by atoms with Crippen molar-refractivity contribution in [2.45, 2.75) is 25.4 Å². The molecule has 0 aliphatic carbocycles. The van der Waals surface area contributed by atoms with E-state index < -0.39 is 23.6 Å². The number of phenolic OH excluding ortho intramolecular Hbond substituents is 2. The number of aliphatic hydroxyl groups is 1. The molecule has 0 fully saturated rings. The fourth-order valence-corrected chi connectivity index (χ4v) is 8.94. The Bertz CT molecular complexity index is 2120. The molecule has 1 atom stereocenters. The van der Waals surface area contributed by atoms with Crippen molar-refractivity contribution in [3.8, 4) is 34.5 Å². The van der Waals surface area contributed by atoms with E-state index in [0.29, 0.717) is 36.7 Å². The number of hydrogen-bond donors (Lipinski definition) is 7. The lowest BCUT2D eigenvalue weighted by atomic mass is 10.0. The zero-order valence-electron chi connectivity index (χ0n) is 26.8. The summed E-state index contributed by atoms with van der Waals surface area (Å²) >= 11 is 20.5. The molecule has 4 heterocycles. The summed E-state index contributed by atoms with van der Waals surface area (Å²) in [6.07, 6.45) is -1.15. The van der Waals surface area contributed by atoms with Gasteiger partial charge in [-0.25, -0.2) is 0 Å². The molecule has 4 aromatic rings. The van der Waals surface area contributed by atoms with Gasteiger partial charge in [0.1, 0.15) is 11.8 Å². The van der Waals surface area contributed by atoms with E-state index >= 15 is 0 Å². The van der Waals surface area contributed by atoms with E-state index in [0.717, 1.165) is 5.56 Å². The van der Waals surface area contributed by atoms with Crippen LogP contribution in [0.15, 0.2) is 85.7 Å². The molecule has 13 nitrogen and oxygen atoms in total. The lowest BCUT2D eigenvalue weighted by molar-refractivity contribution is -0.116. The van der Waals surface area contributed by atoms with Gasteiger partial charge in [-0.1, -0.05) is 10.3 Å².